The van der Waals surface area contributed by atoms with Crippen molar-refractivity contribution >= 4 is 12.0 Å². The molecule has 2 fully saturated rings. The highest BCUT2D eigenvalue weighted by atomic mass is 16.5. The van der Waals surface area contributed by atoms with Crippen molar-refractivity contribution in [3.63, 3.8) is 0 Å². The Morgan fingerprint density at radius 3 is 2.76 bits per heavy atom. The average molecular weight is 299 g/mol. The standard InChI is InChI=1S/C14H25N3O4/c1-15(2)9-11-4-3-5-17(11)14(20)16-6-7-21-12(10-16)8-13(18)19/h11-12H,3-10H2,1-2H3,(H,18,19). The summed E-state index contributed by atoms with van der Waals surface area (Å²) in [6.45, 7) is 2.99. The zero-order valence-electron chi connectivity index (χ0n) is 12.8. The van der Waals surface area contributed by atoms with Crippen LogP contribution in [0.1, 0.15) is 19.3 Å². The first-order valence-electron chi connectivity index (χ1n) is 7.51. The molecule has 2 rings (SSSR count). The lowest BCUT2D eigenvalue weighted by Gasteiger charge is -2.37. The van der Waals surface area contributed by atoms with E-state index in [9.17, 15) is 9.59 Å². The van der Waals surface area contributed by atoms with Crippen LogP contribution in [0.15, 0.2) is 0 Å². The third kappa shape index (κ3) is 4.31. The van der Waals surface area contributed by atoms with Crippen molar-refractivity contribution in [2.75, 3.05) is 46.9 Å². The molecule has 2 unspecified atom stereocenters. The summed E-state index contributed by atoms with van der Waals surface area (Å²) in [5, 5.41) is 8.84. The van der Waals surface area contributed by atoms with Gasteiger partial charge < -0.3 is 24.5 Å². The predicted octanol–water partition coefficient (Wildman–Crippen LogP) is 0.308. The maximum absolute atomic E-state index is 12.7. The van der Waals surface area contributed by atoms with Crippen molar-refractivity contribution in [3.05, 3.63) is 0 Å². The normalized spacial score (nSPS) is 26.4. The number of carbonyl (C=O) groups excluding carboxylic acids is 1. The number of carbonyl (C=O) groups is 2. The van der Waals surface area contributed by atoms with Gasteiger partial charge in [-0.3, -0.25) is 4.79 Å². The highest BCUT2D eigenvalue weighted by Gasteiger charge is 2.34. The third-order valence-corrected chi connectivity index (χ3v) is 4.01. The minimum atomic E-state index is -0.888. The molecular formula is C14H25N3O4. The quantitative estimate of drug-likeness (QED) is 0.808. The number of likely N-dealkylation sites (tertiary alicyclic amines) is 1. The molecule has 2 amide bonds. The Labute approximate surface area is 125 Å². The molecule has 2 atom stereocenters. The van der Waals surface area contributed by atoms with E-state index in [-0.39, 0.29) is 18.5 Å². The van der Waals surface area contributed by atoms with E-state index in [0.717, 1.165) is 25.9 Å². The molecule has 2 saturated heterocycles. The van der Waals surface area contributed by atoms with Gasteiger partial charge >= 0.3 is 12.0 Å². The van der Waals surface area contributed by atoms with Crippen LogP contribution in [0.4, 0.5) is 4.79 Å². The summed E-state index contributed by atoms with van der Waals surface area (Å²) in [6.07, 6.45) is 1.63. The molecule has 21 heavy (non-hydrogen) atoms. The summed E-state index contributed by atoms with van der Waals surface area (Å²) in [7, 11) is 4.03. The van der Waals surface area contributed by atoms with Crippen molar-refractivity contribution in [1.29, 1.82) is 0 Å². The number of carboxylic acid groups (broad SMARTS) is 1. The Balaban J connectivity index is 1.93. The molecular weight excluding hydrogens is 274 g/mol. The molecule has 7 nitrogen and oxygen atoms in total. The second-order valence-corrected chi connectivity index (χ2v) is 6.07. The van der Waals surface area contributed by atoms with Crippen molar-refractivity contribution in [3.8, 4) is 0 Å². The molecule has 7 heteroatoms. The van der Waals surface area contributed by atoms with Gasteiger partial charge in [0.2, 0.25) is 0 Å². The van der Waals surface area contributed by atoms with Gasteiger partial charge in [0.15, 0.2) is 0 Å². The highest BCUT2D eigenvalue weighted by molar-refractivity contribution is 5.75. The number of ether oxygens (including phenoxy) is 1. The zero-order chi connectivity index (χ0) is 15.4. The molecule has 0 saturated carbocycles. The second kappa shape index (κ2) is 7.09. The van der Waals surface area contributed by atoms with Crippen LogP contribution in [0, 0.1) is 0 Å². The average Bonchev–Trinajstić information content (AvgIpc) is 2.84. The van der Waals surface area contributed by atoms with E-state index in [1.165, 1.54) is 0 Å². The van der Waals surface area contributed by atoms with E-state index >= 15 is 0 Å². The van der Waals surface area contributed by atoms with Gasteiger partial charge in [0.1, 0.15) is 0 Å². The highest BCUT2D eigenvalue weighted by Crippen LogP contribution is 2.21. The van der Waals surface area contributed by atoms with Crippen molar-refractivity contribution < 1.29 is 19.4 Å². The smallest absolute Gasteiger partial charge is 0.320 e. The Morgan fingerprint density at radius 2 is 2.10 bits per heavy atom. The molecule has 0 aliphatic carbocycles. The number of carboxylic acids is 1. The summed E-state index contributed by atoms with van der Waals surface area (Å²) in [5.41, 5.74) is 0. The molecule has 0 aromatic rings. The fourth-order valence-corrected chi connectivity index (χ4v) is 3.09. The van der Waals surface area contributed by atoms with Crippen LogP contribution in [0.2, 0.25) is 0 Å². The first-order valence-corrected chi connectivity index (χ1v) is 7.51. The summed E-state index contributed by atoms with van der Waals surface area (Å²) in [5.74, 6) is -0.888. The predicted molar refractivity (Wildman–Crippen MR) is 77.2 cm³/mol. The molecule has 120 valence electrons. The molecule has 1 N–H and O–H groups in total. The molecule has 2 aliphatic heterocycles. The Bertz CT molecular complexity index is 388. The lowest BCUT2D eigenvalue weighted by Crippen LogP contribution is -2.53. The van der Waals surface area contributed by atoms with Gasteiger partial charge in [0.05, 0.1) is 19.1 Å². The molecule has 0 aromatic heterocycles. The van der Waals surface area contributed by atoms with Gasteiger partial charge in [-0.2, -0.15) is 0 Å². The summed E-state index contributed by atoms with van der Waals surface area (Å²) < 4.78 is 5.42. The van der Waals surface area contributed by atoms with Gasteiger partial charge in [-0.1, -0.05) is 0 Å². The first kappa shape index (κ1) is 16.0. The van der Waals surface area contributed by atoms with E-state index in [0.29, 0.717) is 19.7 Å². The Kier molecular flexibility index (Phi) is 5.41. The van der Waals surface area contributed by atoms with Gasteiger partial charge in [-0.05, 0) is 26.9 Å². The number of aliphatic carboxylic acids is 1. The van der Waals surface area contributed by atoms with Gasteiger partial charge in [0.25, 0.3) is 0 Å². The Morgan fingerprint density at radius 1 is 1.33 bits per heavy atom. The van der Waals surface area contributed by atoms with E-state index in [1.54, 1.807) is 4.90 Å². The zero-order valence-corrected chi connectivity index (χ0v) is 12.8. The summed E-state index contributed by atoms with van der Waals surface area (Å²) in [4.78, 5) is 29.2. The van der Waals surface area contributed by atoms with Crippen LogP contribution < -0.4 is 0 Å². The number of rotatable bonds is 4. The number of amides is 2. The number of likely N-dealkylation sites (N-methyl/N-ethyl adjacent to an activating group) is 1. The summed E-state index contributed by atoms with van der Waals surface area (Å²) in [6, 6.07) is 0.284. The largest absolute Gasteiger partial charge is 0.481 e. The minimum Gasteiger partial charge on any atom is -0.481 e. The molecule has 2 heterocycles. The number of hydrogen-bond donors (Lipinski definition) is 1. The molecule has 0 aromatic carbocycles. The fourth-order valence-electron chi connectivity index (χ4n) is 3.09. The SMILES string of the molecule is CN(C)CC1CCCN1C(=O)N1CCOC(CC(=O)O)C1. The third-order valence-electron chi connectivity index (χ3n) is 4.01. The van der Waals surface area contributed by atoms with E-state index in [1.807, 2.05) is 19.0 Å². The lowest BCUT2D eigenvalue weighted by molar-refractivity contribution is -0.141. The first-order chi connectivity index (χ1) is 9.97. The van der Waals surface area contributed by atoms with Crippen LogP contribution in [0.3, 0.4) is 0 Å². The van der Waals surface area contributed by atoms with Crippen molar-refractivity contribution in [1.82, 2.24) is 14.7 Å². The van der Waals surface area contributed by atoms with Crippen LogP contribution in [-0.4, -0.2) is 90.8 Å². The monoisotopic (exact) mass is 299 g/mol. The molecule has 0 radical (unpaired) electrons. The van der Waals surface area contributed by atoms with Crippen molar-refractivity contribution in [2.24, 2.45) is 0 Å². The molecule has 2 aliphatic rings. The summed E-state index contributed by atoms with van der Waals surface area (Å²) >= 11 is 0. The van der Waals surface area contributed by atoms with Gasteiger partial charge in [0, 0.05) is 32.2 Å². The van der Waals surface area contributed by atoms with Gasteiger partial charge in [-0.25, -0.2) is 4.79 Å². The van der Waals surface area contributed by atoms with E-state index < -0.39 is 12.1 Å². The lowest BCUT2D eigenvalue weighted by atomic mass is 10.2. The van der Waals surface area contributed by atoms with Gasteiger partial charge in [-0.15, -0.1) is 0 Å². The van der Waals surface area contributed by atoms with Crippen LogP contribution >= 0.6 is 0 Å². The molecule has 0 spiro atoms. The van der Waals surface area contributed by atoms with Crippen LogP contribution in [0.25, 0.3) is 0 Å². The van der Waals surface area contributed by atoms with Crippen LogP contribution in [0.5, 0.6) is 0 Å². The maximum atomic E-state index is 12.7. The number of hydrogen-bond acceptors (Lipinski definition) is 4. The second-order valence-electron chi connectivity index (χ2n) is 6.07. The van der Waals surface area contributed by atoms with Crippen LogP contribution in [-0.2, 0) is 9.53 Å². The number of nitrogens with zero attached hydrogens (tertiary/aromatic N) is 3. The van der Waals surface area contributed by atoms with E-state index in [4.69, 9.17) is 9.84 Å². The number of urea groups is 1. The molecule has 0 bridgehead atoms. The van der Waals surface area contributed by atoms with E-state index in [2.05, 4.69) is 4.90 Å². The number of morpholine rings is 1. The maximum Gasteiger partial charge on any atom is 0.320 e. The topological polar surface area (TPSA) is 73.3 Å². The minimum absolute atomic E-state index is 0.0260. The van der Waals surface area contributed by atoms with Crippen molar-refractivity contribution in [2.45, 2.75) is 31.4 Å². The fraction of sp³-hybridized carbons (Fsp3) is 0.857. The Hall–Kier alpha value is -1.34.